The Kier molecular flexibility index (Phi) is 12.6. The van der Waals surface area contributed by atoms with Crippen molar-refractivity contribution in [3.63, 3.8) is 0 Å². The molecule has 0 spiro atoms. The van der Waals surface area contributed by atoms with Crippen LogP contribution < -0.4 is 5.32 Å². The molecule has 12 nitrogen and oxygen atoms in total. The molecule has 14 heteroatoms. The molecular formula is C17H37N3O9S2. The number of nitrogens with one attached hydrogen (secondary N) is 1. The van der Waals surface area contributed by atoms with Crippen LogP contribution in [0.25, 0.3) is 0 Å². The van der Waals surface area contributed by atoms with Gasteiger partial charge in [-0.1, -0.05) is 13.8 Å². The number of amides is 1. The van der Waals surface area contributed by atoms with Crippen LogP contribution in [-0.4, -0.2) is 114 Å². The summed E-state index contributed by atoms with van der Waals surface area (Å²) in [5.74, 6) is -0.193. The van der Waals surface area contributed by atoms with Crippen LogP contribution in [0.15, 0.2) is 0 Å². The lowest BCUT2D eigenvalue weighted by molar-refractivity contribution is -0.955. The van der Waals surface area contributed by atoms with Gasteiger partial charge in [-0.15, -0.1) is 0 Å². The lowest BCUT2D eigenvalue weighted by Gasteiger charge is -2.38. The fourth-order valence-electron chi connectivity index (χ4n) is 2.87. The predicted octanol–water partition coefficient (Wildman–Crippen LogP) is -0.985. The van der Waals surface area contributed by atoms with Gasteiger partial charge in [0.1, 0.15) is 13.1 Å². The highest BCUT2D eigenvalue weighted by molar-refractivity contribution is 7.81. The third-order valence-electron chi connectivity index (χ3n) is 4.93. The first-order valence-corrected chi connectivity index (χ1v) is 12.8. The van der Waals surface area contributed by atoms with Gasteiger partial charge in [-0.25, -0.2) is 16.8 Å². The van der Waals surface area contributed by atoms with Gasteiger partial charge < -0.3 is 23.4 Å². The molecule has 0 aliphatic rings. The van der Waals surface area contributed by atoms with Crippen molar-refractivity contribution < 1.29 is 48.1 Å². The second-order valence-corrected chi connectivity index (χ2v) is 10.9. The zero-order valence-corrected chi connectivity index (χ0v) is 20.7. The molecule has 0 bridgehead atoms. The van der Waals surface area contributed by atoms with Crippen LogP contribution in [0.5, 0.6) is 0 Å². The molecular weight excluding hydrogens is 454 g/mol. The van der Waals surface area contributed by atoms with Crippen LogP contribution in [0.4, 0.5) is 0 Å². The number of likely N-dealkylation sites (N-methyl/N-ethyl adjacent to an activating group) is 2. The van der Waals surface area contributed by atoms with E-state index in [1.165, 1.54) is 0 Å². The minimum atomic E-state index is -4.73. The quantitative estimate of drug-likeness (QED) is 0.117. The van der Waals surface area contributed by atoms with E-state index in [9.17, 15) is 30.7 Å². The SMILES string of the molecule is CC(C)C(=O)NCC[N+](C)(CCCOS(=O)(=O)[O-])CC[N+](C)(C)CCCOS(=O)(=O)[O-]. The second kappa shape index (κ2) is 13.0. The summed E-state index contributed by atoms with van der Waals surface area (Å²) in [7, 11) is -3.53. The molecule has 1 atom stereocenters. The fraction of sp³-hybridized carbons (Fsp3) is 0.941. The molecule has 0 aromatic carbocycles. The largest absolute Gasteiger partial charge is 0.726 e. The molecule has 1 amide bonds. The molecule has 1 N–H and O–H groups in total. The molecule has 0 heterocycles. The Balaban J connectivity index is 4.79. The van der Waals surface area contributed by atoms with Crippen molar-refractivity contribution in [2.24, 2.45) is 5.92 Å². The smallest absolute Gasteiger partial charge is 0.222 e. The van der Waals surface area contributed by atoms with Crippen molar-refractivity contribution in [2.45, 2.75) is 26.7 Å². The highest BCUT2D eigenvalue weighted by atomic mass is 32.3. The van der Waals surface area contributed by atoms with E-state index in [4.69, 9.17) is 0 Å². The van der Waals surface area contributed by atoms with E-state index in [0.717, 1.165) is 0 Å². The van der Waals surface area contributed by atoms with E-state index >= 15 is 0 Å². The number of carbonyl (C=O) groups excluding carboxylic acids is 1. The summed E-state index contributed by atoms with van der Waals surface area (Å²) in [6, 6.07) is 0. The fourth-order valence-corrected chi connectivity index (χ4v) is 3.52. The number of quaternary nitrogens is 2. The summed E-state index contributed by atoms with van der Waals surface area (Å²) in [5, 5.41) is 2.87. The van der Waals surface area contributed by atoms with E-state index in [-0.39, 0.29) is 25.0 Å². The average Bonchev–Trinajstić information content (AvgIpc) is 2.59. The third-order valence-corrected chi connectivity index (χ3v) is 5.84. The van der Waals surface area contributed by atoms with Crippen molar-refractivity contribution in [1.29, 1.82) is 0 Å². The summed E-state index contributed by atoms with van der Waals surface area (Å²) in [4.78, 5) is 11.8. The Labute approximate surface area is 186 Å². The van der Waals surface area contributed by atoms with Crippen LogP contribution in [-0.2, 0) is 34.0 Å². The minimum absolute atomic E-state index is 0.0585. The maximum Gasteiger partial charge on any atom is 0.222 e. The van der Waals surface area contributed by atoms with Gasteiger partial charge in [0, 0.05) is 18.8 Å². The van der Waals surface area contributed by atoms with Gasteiger partial charge in [0.05, 0.1) is 60.5 Å². The van der Waals surface area contributed by atoms with E-state index in [2.05, 4.69) is 13.7 Å². The molecule has 0 saturated heterocycles. The monoisotopic (exact) mass is 491 g/mol. The molecule has 1 unspecified atom stereocenters. The maximum atomic E-state index is 11.8. The average molecular weight is 492 g/mol. The zero-order valence-electron chi connectivity index (χ0n) is 19.0. The normalized spacial score (nSPS) is 15.1. The van der Waals surface area contributed by atoms with Gasteiger partial charge in [0.25, 0.3) is 0 Å². The number of nitrogens with zero attached hydrogens (tertiary/aromatic N) is 2. The lowest BCUT2D eigenvalue weighted by atomic mass is 10.2. The summed E-state index contributed by atoms with van der Waals surface area (Å²) < 4.78 is 72.9. The number of hydrogen-bond donors (Lipinski definition) is 1. The Bertz CT molecular complexity index is 755. The summed E-state index contributed by atoms with van der Waals surface area (Å²) in [6.07, 6.45) is 0.733. The molecule has 0 aromatic rings. The van der Waals surface area contributed by atoms with E-state index in [0.29, 0.717) is 61.1 Å². The Morgan fingerprint density at radius 1 is 0.839 bits per heavy atom. The minimum Gasteiger partial charge on any atom is -0.726 e. The summed E-state index contributed by atoms with van der Waals surface area (Å²) in [6.45, 7) is 6.73. The zero-order chi connectivity index (χ0) is 24.3. The van der Waals surface area contributed by atoms with Crippen molar-refractivity contribution in [3.8, 4) is 0 Å². The maximum absolute atomic E-state index is 11.8. The van der Waals surface area contributed by atoms with Gasteiger partial charge in [-0.05, 0) is 0 Å². The van der Waals surface area contributed by atoms with Crippen LogP contribution in [0.3, 0.4) is 0 Å². The van der Waals surface area contributed by atoms with Crippen LogP contribution in [0.1, 0.15) is 26.7 Å². The summed E-state index contributed by atoms with van der Waals surface area (Å²) in [5.41, 5.74) is 0. The Hall–Kier alpha value is -0.870. The van der Waals surface area contributed by atoms with Crippen LogP contribution >= 0.6 is 0 Å². The highest BCUT2D eigenvalue weighted by Gasteiger charge is 2.26. The van der Waals surface area contributed by atoms with E-state index in [1.54, 1.807) is 13.8 Å². The van der Waals surface area contributed by atoms with Gasteiger partial charge >= 0.3 is 0 Å². The van der Waals surface area contributed by atoms with Crippen molar-refractivity contribution in [1.82, 2.24) is 5.32 Å². The standard InChI is InChI=1S/C17H37N3O9S2/c1-16(2)17(21)18-8-11-20(5,10-7-15-29-31(25,26)27)13-12-19(3,4)9-6-14-28-30(22,23)24/h16H,6-15H2,1-5H3,(H-2,18,21,22,23,24,25,26,27). The first kappa shape index (κ1) is 30.1. The van der Waals surface area contributed by atoms with Gasteiger partial charge in [0.2, 0.25) is 26.7 Å². The third kappa shape index (κ3) is 17.4. The molecule has 0 radical (unpaired) electrons. The highest BCUT2D eigenvalue weighted by Crippen LogP contribution is 2.09. The Morgan fingerprint density at radius 2 is 1.32 bits per heavy atom. The van der Waals surface area contributed by atoms with E-state index < -0.39 is 20.8 Å². The van der Waals surface area contributed by atoms with Crippen LogP contribution in [0.2, 0.25) is 0 Å². The van der Waals surface area contributed by atoms with Crippen molar-refractivity contribution in [2.75, 3.05) is 73.6 Å². The number of rotatable bonds is 17. The van der Waals surface area contributed by atoms with Gasteiger partial charge in [-0.2, -0.15) is 0 Å². The van der Waals surface area contributed by atoms with Crippen molar-refractivity contribution >= 4 is 26.7 Å². The molecule has 0 rings (SSSR count). The van der Waals surface area contributed by atoms with Crippen LogP contribution in [0, 0.1) is 5.92 Å². The van der Waals surface area contributed by atoms with E-state index in [1.807, 2.05) is 21.1 Å². The molecule has 31 heavy (non-hydrogen) atoms. The number of carbonyl (C=O) groups is 1. The topological polar surface area (TPSA) is 162 Å². The molecule has 0 aliphatic carbocycles. The molecule has 0 aromatic heterocycles. The lowest BCUT2D eigenvalue weighted by Crippen LogP contribution is -2.56. The first-order valence-electron chi connectivity index (χ1n) is 10.1. The molecule has 0 saturated carbocycles. The Morgan fingerprint density at radius 3 is 1.77 bits per heavy atom. The van der Waals surface area contributed by atoms with Gasteiger partial charge in [-0.3, -0.25) is 13.2 Å². The number of hydrogen-bond acceptors (Lipinski definition) is 9. The first-order chi connectivity index (χ1) is 13.9. The molecule has 0 aliphatic heterocycles. The van der Waals surface area contributed by atoms with Gasteiger partial charge in [0.15, 0.2) is 0 Å². The summed E-state index contributed by atoms with van der Waals surface area (Å²) >= 11 is 0. The second-order valence-electron chi connectivity index (χ2n) is 8.79. The molecule has 0 fully saturated rings. The van der Waals surface area contributed by atoms with Crippen molar-refractivity contribution in [3.05, 3.63) is 0 Å². The predicted molar refractivity (Wildman–Crippen MR) is 111 cm³/mol. The molecule has 186 valence electrons.